The fraction of sp³-hybridized carbons (Fsp3) is 0.231. The van der Waals surface area contributed by atoms with E-state index in [-0.39, 0.29) is 11.1 Å². The van der Waals surface area contributed by atoms with Crippen molar-refractivity contribution in [3.8, 4) is 0 Å². The van der Waals surface area contributed by atoms with Crippen LogP contribution in [-0.4, -0.2) is 16.1 Å². The van der Waals surface area contributed by atoms with E-state index in [0.29, 0.717) is 0 Å². The van der Waals surface area contributed by atoms with E-state index in [2.05, 4.69) is 4.98 Å². The average Bonchev–Trinajstić information content (AvgIpc) is 2.80. The molecule has 17 heavy (non-hydrogen) atoms. The van der Waals surface area contributed by atoms with Crippen LogP contribution in [0.25, 0.3) is 0 Å². The number of thiazole rings is 1. The first kappa shape index (κ1) is 11.8. The van der Waals surface area contributed by atoms with E-state index in [1.165, 1.54) is 11.3 Å². The monoisotopic (exact) mass is 247 g/mol. The highest BCUT2D eigenvalue weighted by atomic mass is 32.1. The summed E-state index contributed by atoms with van der Waals surface area (Å²) in [7, 11) is 0. The summed E-state index contributed by atoms with van der Waals surface area (Å²) in [4.78, 5) is 15.0. The first-order valence-corrected chi connectivity index (χ1v) is 6.14. The summed E-state index contributed by atoms with van der Waals surface area (Å²) in [5.41, 5.74) is 0.986. The van der Waals surface area contributed by atoms with Gasteiger partial charge in [0.05, 0.1) is 0 Å². The summed E-state index contributed by atoms with van der Waals surface area (Å²) in [6.45, 7) is 4.10. The third-order valence-electron chi connectivity index (χ3n) is 2.75. The summed E-state index contributed by atoms with van der Waals surface area (Å²) in [6.07, 6.45) is 0. The van der Waals surface area contributed by atoms with E-state index in [4.69, 9.17) is 5.11 Å². The quantitative estimate of drug-likeness (QED) is 0.906. The number of rotatable bonds is 3. The third-order valence-corrected chi connectivity index (χ3v) is 3.92. The molecule has 1 N–H and O–H groups in total. The van der Waals surface area contributed by atoms with Gasteiger partial charge >= 0.3 is 5.97 Å². The summed E-state index contributed by atoms with van der Waals surface area (Å²) >= 11 is 1.39. The number of hydrogen-bond donors (Lipinski definition) is 1. The van der Waals surface area contributed by atoms with Crippen LogP contribution in [0.1, 0.15) is 34.9 Å². The molecule has 1 aromatic heterocycles. The lowest BCUT2D eigenvalue weighted by Gasteiger charge is -2.22. The molecular formula is C13H13NO2S. The second kappa shape index (κ2) is 4.30. The smallest absolute Gasteiger partial charge is 0.355 e. The normalized spacial score (nSPS) is 11.4. The van der Waals surface area contributed by atoms with Crippen molar-refractivity contribution in [2.75, 3.05) is 0 Å². The fourth-order valence-corrected chi connectivity index (χ4v) is 2.58. The molecule has 0 amide bonds. The molecular weight excluding hydrogens is 234 g/mol. The van der Waals surface area contributed by atoms with Gasteiger partial charge in [-0.3, -0.25) is 0 Å². The summed E-state index contributed by atoms with van der Waals surface area (Å²) < 4.78 is 0. The molecule has 2 aromatic rings. The average molecular weight is 247 g/mol. The Hall–Kier alpha value is -1.68. The maximum atomic E-state index is 10.8. The van der Waals surface area contributed by atoms with Gasteiger partial charge in [-0.1, -0.05) is 30.3 Å². The van der Waals surface area contributed by atoms with E-state index in [9.17, 15) is 4.79 Å². The Morgan fingerprint density at radius 3 is 2.47 bits per heavy atom. The summed E-state index contributed by atoms with van der Waals surface area (Å²) in [5.74, 6) is -0.976. The van der Waals surface area contributed by atoms with Gasteiger partial charge in [0.2, 0.25) is 0 Å². The number of carboxylic acids is 1. The van der Waals surface area contributed by atoms with Crippen molar-refractivity contribution in [3.63, 3.8) is 0 Å². The molecule has 88 valence electrons. The zero-order valence-electron chi connectivity index (χ0n) is 9.68. The number of carbonyl (C=O) groups is 1. The molecule has 0 atom stereocenters. The van der Waals surface area contributed by atoms with Gasteiger partial charge in [-0.05, 0) is 19.4 Å². The van der Waals surface area contributed by atoms with Crippen LogP contribution in [0.5, 0.6) is 0 Å². The second-order valence-corrected chi connectivity index (χ2v) is 5.19. The lowest BCUT2D eigenvalue weighted by atomic mass is 9.85. The molecule has 1 aromatic carbocycles. The van der Waals surface area contributed by atoms with Crippen LogP contribution in [0.4, 0.5) is 0 Å². The molecule has 2 rings (SSSR count). The van der Waals surface area contributed by atoms with Crippen LogP contribution in [0.2, 0.25) is 0 Å². The maximum absolute atomic E-state index is 10.8. The standard InChI is InChI=1S/C13H13NO2S/c1-13(2,9-6-4-3-5-7-9)12-14-10(8-17-12)11(15)16/h3-8H,1-2H3,(H,15,16). The Bertz CT molecular complexity index is 531. The first-order valence-electron chi connectivity index (χ1n) is 5.26. The number of hydrogen-bond acceptors (Lipinski definition) is 3. The molecule has 0 aliphatic rings. The molecule has 0 radical (unpaired) electrons. The third kappa shape index (κ3) is 2.22. The van der Waals surface area contributed by atoms with Crippen molar-refractivity contribution in [1.82, 2.24) is 4.98 Å². The highest BCUT2D eigenvalue weighted by Gasteiger charge is 2.27. The molecule has 1 heterocycles. The largest absolute Gasteiger partial charge is 0.476 e. The van der Waals surface area contributed by atoms with Crippen LogP contribution in [0.3, 0.4) is 0 Å². The highest BCUT2D eigenvalue weighted by Crippen LogP contribution is 2.33. The first-order chi connectivity index (χ1) is 8.01. The van der Waals surface area contributed by atoms with Gasteiger partial charge in [0.25, 0.3) is 0 Å². The maximum Gasteiger partial charge on any atom is 0.355 e. The number of benzene rings is 1. The lowest BCUT2D eigenvalue weighted by Crippen LogP contribution is -2.18. The van der Waals surface area contributed by atoms with Gasteiger partial charge in [0.15, 0.2) is 5.69 Å². The zero-order chi connectivity index (χ0) is 12.5. The van der Waals surface area contributed by atoms with Gasteiger partial charge in [0, 0.05) is 10.8 Å². The predicted octanol–water partition coefficient (Wildman–Crippen LogP) is 3.17. The zero-order valence-corrected chi connectivity index (χ0v) is 10.5. The lowest BCUT2D eigenvalue weighted by molar-refractivity contribution is 0.0691. The molecule has 0 aliphatic carbocycles. The van der Waals surface area contributed by atoms with Crippen LogP contribution in [-0.2, 0) is 5.41 Å². The van der Waals surface area contributed by atoms with Crippen LogP contribution in [0, 0.1) is 0 Å². The van der Waals surface area contributed by atoms with Gasteiger partial charge in [-0.15, -0.1) is 11.3 Å². The van der Waals surface area contributed by atoms with Crippen molar-refractivity contribution >= 4 is 17.3 Å². The molecule has 0 saturated heterocycles. The minimum absolute atomic E-state index is 0.119. The second-order valence-electron chi connectivity index (χ2n) is 4.33. The predicted molar refractivity (Wildman–Crippen MR) is 67.6 cm³/mol. The molecule has 4 heteroatoms. The van der Waals surface area contributed by atoms with E-state index in [1.807, 2.05) is 44.2 Å². The summed E-state index contributed by atoms with van der Waals surface area (Å²) in [6, 6.07) is 9.97. The number of carboxylic acid groups (broad SMARTS) is 1. The summed E-state index contributed by atoms with van der Waals surface area (Å²) in [5, 5.41) is 11.3. The Labute approximate surface area is 104 Å². The molecule has 0 fully saturated rings. The molecule has 0 saturated carbocycles. The van der Waals surface area contributed by atoms with E-state index in [0.717, 1.165) is 10.6 Å². The minimum atomic E-state index is -0.976. The fourth-order valence-electron chi connectivity index (χ4n) is 1.64. The molecule has 0 bridgehead atoms. The Balaban J connectivity index is 2.41. The van der Waals surface area contributed by atoms with Crippen molar-refractivity contribution < 1.29 is 9.90 Å². The van der Waals surface area contributed by atoms with E-state index >= 15 is 0 Å². The van der Waals surface area contributed by atoms with E-state index in [1.54, 1.807) is 5.38 Å². The SMILES string of the molecule is CC(C)(c1ccccc1)c1nc(C(=O)O)cs1. The Kier molecular flexibility index (Phi) is 2.98. The Morgan fingerprint density at radius 2 is 1.94 bits per heavy atom. The van der Waals surface area contributed by atoms with Crippen LogP contribution < -0.4 is 0 Å². The number of aromatic nitrogens is 1. The van der Waals surface area contributed by atoms with Crippen LogP contribution in [0.15, 0.2) is 35.7 Å². The topological polar surface area (TPSA) is 50.2 Å². The van der Waals surface area contributed by atoms with Gasteiger partial charge in [-0.25, -0.2) is 9.78 Å². The number of aromatic carboxylic acids is 1. The molecule has 0 spiro atoms. The van der Waals surface area contributed by atoms with Crippen molar-refractivity contribution in [1.29, 1.82) is 0 Å². The van der Waals surface area contributed by atoms with Crippen molar-refractivity contribution in [2.45, 2.75) is 19.3 Å². The van der Waals surface area contributed by atoms with E-state index < -0.39 is 5.97 Å². The molecule has 3 nitrogen and oxygen atoms in total. The molecule has 0 unspecified atom stereocenters. The Morgan fingerprint density at radius 1 is 1.29 bits per heavy atom. The highest BCUT2D eigenvalue weighted by molar-refractivity contribution is 7.10. The van der Waals surface area contributed by atoms with Crippen molar-refractivity contribution in [3.05, 3.63) is 52.0 Å². The van der Waals surface area contributed by atoms with Crippen molar-refractivity contribution in [2.24, 2.45) is 0 Å². The minimum Gasteiger partial charge on any atom is -0.476 e. The molecule has 0 aliphatic heterocycles. The number of nitrogens with zero attached hydrogens (tertiary/aromatic N) is 1. The van der Waals surface area contributed by atoms with Gasteiger partial charge in [-0.2, -0.15) is 0 Å². The van der Waals surface area contributed by atoms with Gasteiger partial charge < -0.3 is 5.11 Å². The van der Waals surface area contributed by atoms with Gasteiger partial charge in [0.1, 0.15) is 5.01 Å². The van der Waals surface area contributed by atoms with Crippen LogP contribution >= 0.6 is 11.3 Å².